The van der Waals surface area contributed by atoms with E-state index in [0.29, 0.717) is 18.2 Å². The number of rotatable bonds is 3. The van der Waals surface area contributed by atoms with Crippen molar-refractivity contribution in [3.05, 3.63) is 22.2 Å². The molecule has 0 amide bonds. The van der Waals surface area contributed by atoms with Gasteiger partial charge in [0.25, 0.3) is 0 Å². The minimum Gasteiger partial charge on any atom is -0.481 e. The first-order chi connectivity index (χ1) is 8.56. The maximum absolute atomic E-state index is 11.0. The highest BCUT2D eigenvalue weighted by Crippen LogP contribution is 2.21. The van der Waals surface area contributed by atoms with Crippen LogP contribution in [0.4, 0.5) is 0 Å². The summed E-state index contributed by atoms with van der Waals surface area (Å²) in [5.41, 5.74) is 0.770. The van der Waals surface area contributed by atoms with E-state index in [-0.39, 0.29) is 11.2 Å². The summed E-state index contributed by atoms with van der Waals surface area (Å²) < 4.78 is 0. The van der Waals surface area contributed by atoms with Crippen LogP contribution in [-0.4, -0.2) is 39.0 Å². The van der Waals surface area contributed by atoms with Gasteiger partial charge in [0, 0.05) is 24.8 Å². The van der Waals surface area contributed by atoms with E-state index >= 15 is 0 Å². The lowest BCUT2D eigenvalue weighted by Gasteiger charge is -2.30. The molecule has 1 aliphatic rings. The second-order valence-corrected chi connectivity index (χ2v) is 5.06. The van der Waals surface area contributed by atoms with Crippen molar-refractivity contribution in [2.24, 2.45) is 5.92 Å². The molecule has 2 heterocycles. The smallest absolute Gasteiger partial charge is 0.307 e. The number of hydrogen-bond donors (Lipinski definition) is 1. The van der Waals surface area contributed by atoms with Gasteiger partial charge in [-0.05, 0) is 31.0 Å². The number of aromatic nitrogens is 2. The zero-order valence-electron chi connectivity index (χ0n) is 9.64. The number of aliphatic carboxylic acids is 1. The molecule has 0 aliphatic carbocycles. The summed E-state index contributed by atoms with van der Waals surface area (Å²) in [7, 11) is 0. The third kappa shape index (κ3) is 3.31. The number of halogens is 2. The lowest BCUT2D eigenvalue weighted by molar-refractivity contribution is -0.143. The fraction of sp³-hybridized carbons (Fsp3) is 0.545. The molecule has 7 heteroatoms. The van der Waals surface area contributed by atoms with Crippen molar-refractivity contribution in [3.8, 4) is 0 Å². The average molecular weight is 290 g/mol. The molecule has 1 aliphatic heterocycles. The van der Waals surface area contributed by atoms with E-state index in [1.54, 1.807) is 6.20 Å². The van der Waals surface area contributed by atoms with Crippen LogP contribution in [0.5, 0.6) is 0 Å². The van der Waals surface area contributed by atoms with Crippen LogP contribution in [0.25, 0.3) is 0 Å². The average Bonchev–Trinajstić information content (AvgIpc) is 2.33. The fourth-order valence-electron chi connectivity index (χ4n) is 2.11. The summed E-state index contributed by atoms with van der Waals surface area (Å²) in [6.07, 6.45) is 3.20. The van der Waals surface area contributed by atoms with Crippen LogP contribution in [-0.2, 0) is 11.3 Å². The lowest BCUT2D eigenvalue weighted by atomic mass is 9.98. The van der Waals surface area contributed by atoms with Gasteiger partial charge in [0.1, 0.15) is 5.15 Å². The molecule has 1 atom stereocenters. The minimum absolute atomic E-state index is 0.116. The number of piperidine rings is 1. The Morgan fingerprint density at radius 1 is 1.56 bits per heavy atom. The molecule has 0 spiro atoms. The van der Waals surface area contributed by atoms with E-state index in [9.17, 15) is 4.79 Å². The topological polar surface area (TPSA) is 66.3 Å². The molecule has 0 radical (unpaired) electrons. The minimum atomic E-state index is -0.738. The Morgan fingerprint density at radius 2 is 2.33 bits per heavy atom. The first-order valence-corrected chi connectivity index (χ1v) is 6.44. The van der Waals surface area contributed by atoms with Crippen molar-refractivity contribution in [3.63, 3.8) is 0 Å². The molecule has 0 bridgehead atoms. The summed E-state index contributed by atoms with van der Waals surface area (Å²) in [5.74, 6) is -1.04. The van der Waals surface area contributed by atoms with Crippen LogP contribution < -0.4 is 0 Å². The first-order valence-electron chi connectivity index (χ1n) is 5.68. The molecule has 1 saturated heterocycles. The van der Waals surface area contributed by atoms with Crippen LogP contribution in [0.1, 0.15) is 18.4 Å². The first kappa shape index (κ1) is 13.5. The number of carboxylic acids is 1. The zero-order valence-corrected chi connectivity index (χ0v) is 11.2. The third-order valence-electron chi connectivity index (χ3n) is 3.03. The summed E-state index contributed by atoms with van der Waals surface area (Å²) in [4.78, 5) is 20.8. The Hall–Kier alpha value is -0.910. The Balaban J connectivity index is 2.02. The molecule has 98 valence electrons. The Bertz CT molecular complexity index is 456. The number of hydrogen-bond acceptors (Lipinski definition) is 4. The van der Waals surface area contributed by atoms with Crippen LogP contribution in [0.2, 0.25) is 10.4 Å². The van der Waals surface area contributed by atoms with E-state index in [2.05, 4.69) is 14.9 Å². The number of carboxylic acid groups (broad SMARTS) is 1. The molecule has 18 heavy (non-hydrogen) atoms. The quantitative estimate of drug-likeness (QED) is 0.682. The van der Waals surface area contributed by atoms with Gasteiger partial charge >= 0.3 is 5.97 Å². The predicted molar refractivity (Wildman–Crippen MR) is 67.7 cm³/mol. The number of nitrogens with zero attached hydrogens (tertiary/aromatic N) is 3. The Labute approximate surface area is 115 Å². The van der Waals surface area contributed by atoms with Gasteiger partial charge in [0.15, 0.2) is 0 Å². The number of carbonyl (C=O) groups is 1. The van der Waals surface area contributed by atoms with Crippen LogP contribution in [0.3, 0.4) is 0 Å². The third-order valence-corrected chi connectivity index (χ3v) is 3.54. The van der Waals surface area contributed by atoms with Gasteiger partial charge in [-0.25, -0.2) is 9.97 Å². The fourth-order valence-corrected chi connectivity index (χ4v) is 2.48. The lowest BCUT2D eigenvalue weighted by Crippen LogP contribution is -2.38. The summed E-state index contributed by atoms with van der Waals surface area (Å²) in [6, 6.07) is 0. The van der Waals surface area contributed by atoms with Crippen molar-refractivity contribution < 1.29 is 9.90 Å². The van der Waals surface area contributed by atoms with E-state index in [0.717, 1.165) is 24.9 Å². The van der Waals surface area contributed by atoms with E-state index < -0.39 is 5.97 Å². The molecule has 1 aromatic heterocycles. The summed E-state index contributed by atoms with van der Waals surface area (Å²) in [6.45, 7) is 1.96. The summed E-state index contributed by atoms with van der Waals surface area (Å²) >= 11 is 11.6. The van der Waals surface area contributed by atoms with Crippen molar-refractivity contribution in [1.82, 2.24) is 14.9 Å². The molecule has 0 aromatic carbocycles. The van der Waals surface area contributed by atoms with Gasteiger partial charge in [-0.2, -0.15) is 0 Å². The number of likely N-dealkylation sites (tertiary alicyclic amines) is 1. The standard InChI is InChI=1S/C11H13Cl2N3O2/c12-9-8(4-14-11(13)15-9)6-16-3-1-2-7(5-16)10(17)18/h4,7H,1-3,5-6H2,(H,17,18)/t7-/m1/s1. The molecular weight excluding hydrogens is 277 g/mol. The van der Waals surface area contributed by atoms with E-state index in [1.807, 2.05) is 0 Å². The second kappa shape index (κ2) is 5.82. The van der Waals surface area contributed by atoms with Gasteiger partial charge in [0.2, 0.25) is 5.28 Å². The monoisotopic (exact) mass is 289 g/mol. The zero-order chi connectivity index (χ0) is 13.1. The van der Waals surface area contributed by atoms with Gasteiger partial charge in [-0.3, -0.25) is 9.69 Å². The molecule has 1 aromatic rings. The Kier molecular flexibility index (Phi) is 4.37. The van der Waals surface area contributed by atoms with Crippen LogP contribution in [0, 0.1) is 5.92 Å². The van der Waals surface area contributed by atoms with Crippen molar-refractivity contribution >= 4 is 29.2 Å². The molecular formula is C11H13Cl2N3O2. The van der Waals surface area contributed by atoms with E-state index in [1.165, 1.54) is 0 Å². The maximum Gasteiger partial charge on any atom is 0.307 e. The van der Waals surface area contributed by atoms with E-state index in [4.69, 9.17) is 28.3 Å². The predicted octanol–water partition coefficient (Wildman–Crippen LogP) is 2.08. The molecule has 0 saturated carbocycles. The molecule has 1 fully saturated rings. The molecule has 0 unspecified atom stereocenters. The van der Waals surface area contributed by atoms with Crippen molar-refractivity contribution in [1.29, 1.82) is 0 Å². The highest BCUT2D eigenvalue weighted by Gasteiger charge is 2.25. The second-order valence-electron chi connectivity index (χ2n) is 4.37. The molecule has 5 nitrogen and oxygen atoms in total. The van der Waals surface area contributed by atoms with Crippen molar-refractivity contribution in [2.75, 3.05) is 13.1 Å². The maximum atomic E-state index is 11.0. The van der Waals surface area contributed by atoms with Gasteiger partial charge in [0.05, 0.1) is 5.92 Å². The molecule has 1 N–H and O–H groups in total. The Morgan fingerprint density at radius 3 is 3.00 bits per heavy atom. The van der Waals surface area contributed by atoms with Gasteiger partial charge < -0.3 is 5.11 Å². The normalized spacial score (nSPS) is 20.9. The van der Waals surface area contributed by atoms with Crippen LogP contribution in [0.15, 0.2) is 6.20 Å². The summed E-state index contributed by atoms with van der Waals surface area (Å²) in [5, 5.41) is 9.46. The highest BCUT2D eigenvalue weighted by molar-refractivity contribution is 6.32. The van der Waals surface area contributed by atoms with Crippen molar-refractivity contribution in [2.45, 2.75) is 19.4 Å². The highest BCUT2D eigenvalue weighted by atomic mass is 35.5. The van der Waals surface area contributed by atoms with Gasteiger partial charge in [-0.1, -0.05) is 11.6 Å². The van der Waals surface area contributed by atoms with Gasteiger partial charge in [-0.15, -0.1) is 0 Å². The largest absolute Gasteiger partial charge is 0.481 e. The molecule has 2 rings (SSSR count). The van der Waals surface area contributed by atoms with Crippen LogP contribution >= 0.6 is 23.2 Å². The SMILES string of the molecule is O=C(O)[C@@H]1CCCN(Cc2cnc(Cl)nc2Cl)C1.